The van der Waals surface area contributed by atoms with E-state index in [4.69, 9.17) is 5.73 Å². The number of nitrogens with two attached hydrogens (primary N) is 1. The summed E-state index contributed by atoms with van der Waals surface area (Å²) in [4.78, 5) is 26.4. The van der Waals surface area contributed by atoms with E-state index in [0.717, 1.165) is 18.4 Å². The first-order chi connectivity index (χ1) is 12.0. The van der Waals surface area contributed by atoms with Crippen LogP contribution in [-0.4, -0.2) is 42.9 Å². The predicted molar refractivity (Wildman–Crippen MR) is 103 cm³/mol. The van der Waals surface area contributed by atoms with Crippen molar-refractivity contribution in [3.05, 3.63) is 35.6 Å². The molecule has 0 aromatic heterocycles. The van der Waals surface area contributed by atoms with Crippen molar-refractivity contribution >= 4 is 24.2 Å². The summed E-state index contributed by atoms with van der Waals surface area (Å²) in [5, 5.41) is 2.80. The first-order valence-electron chi connectivity index (χ1n) is 8.99. The molecule has 0 aliphatic carbocycles. The van der Waals surface area contributed by atoms with E-state index in [1.54, 1.807) is 11.0 Å². The van der Waals surface area contributed by atoms with Crippen molar-refractivity contribution in [2.24, 2.45) is 17.6 Å². The Morgan fingerprint density at radius 1 is 1.42 bits per heavy atom. The number of piperidine rings is 1. The highest BCUT2D eigenvalue weighted by Gasteiger charge is 2.28. The third-order valence-corrected chi connectivity index (χ3v) is 4.58. The Morgan fingerprint density at radius 3 is 2.88 bits per heavy atom. The van der Waals surface area contributed by atoms with Crippen molar-refractivity contribution in [2.75, 3.05) is 26.2 Å². The van der Waals surface area contributed by atoms with Gasteiger partial charge in [-0.2, -0.15) is 0 Å². The maximum absolute atomic E-state index is 13.3. The topological polar surface area (TPSA) is 75.4 Å². The van der Waals surface area contributed by atoms with Gasteiger partial charge in [-0.15, -0.1) is 12.4 Å². The number of nitrogens with one attached hydrogen (secondary N) is 1. The van der Waals surface area contributed by atoms with Gasteiger partial charge in [-0.05, 0) is 42.9 Å². The number of hydrogen-bond acceptors (Lipinski definition) is 3. The first kappa shape index (κ1) is 22.4. The number of rotatable bonds is 7. The molecule has 0 radical (unpaired) electrons. The Labute approximate surface area is 160 Å². The van der Waals surface area contributed by atoms with Crippen LogP contribution in [0.1, 0.15) is 31.7 Å². The molecule has 1 heterocycles. The standard InChI is InChI=1S/C19H28FN3O2.ClH/c1-14(10-15-4-2-6-17(20)12-15)11-18(24)23-9-3-5-16(13-23)19(25)22-8-7-21;/h2,4,6,12,14,16H,3,5,7-11,13,21H2,1H3,(H,22,25);1H. The summed E-state index contributed by atoms with van der Waals surface area (Å²) in [6.45, 7) is 4.05. The zero-order valence-corrected chi connectivity index (χ0v) is 16.1. The molecule has 2 amide bonds. The monoisotopic (exact) mass is 385 g/mol. The molecule has 2 rings (SSSR count). The molecular formula is C19H29ClFN3O2. The van der Waals surface area contributed by atoms with Crippen LogP contribution < -0.4 is 11.1 Å². The lowest BCUT2D eigenvalue weighted by Gasteiger charge is -2.32. The lowest BCUT2D eigenvalue weighted by Crippen LogP contribution is -2.46. The molecule has 2 unspecified atom stereocenters. The van der Waals surface area contributed by atoms with Gasteiger partial charge in [0.15, 0.2) is 0 Å². The first-order valence-corrected chi connectivity index (χ1v) is 8.99. The Kier molecular flexibility index (Phi) is 9.59. The highest BCUT2D eigenvalue weighted by Crippen LogP contribution is 2.20. The van der Waals surface area contributed by atoms with E-state index in [2.05, 4.69) is 5.32 Å². The fourth-order valence-corrected chi connectivity index (χ4v) is 3.32. The molecule has 5 nitrogen and oxygen atoms in total. The smallest absolute Gasteiger partial charge is 0.224 e. The maximum Gasteiger partial charge on any atom is 0.224 e. The fourth-order valence-electron chi connectivity index (χ4n) is 3.32. The average Bonchev–Trinajstić information content (AvgIpc) is 2.59. The van der Waals surface area contributed by atoms with E-state index < -0.39 is 0 Å². The molecule has 1 aliphatic heterocycles. The summed E-state index contributed by atoms with van der Waals surface area (Å²) in [5.41, 5.74) is 6.31. The lowest BCUT2D eigenvalue weighted by atomic mass is 9.94. The molecule has 0 bridgehead atoms. The molecule has 1 aliphatic rings. The van der Waals surface area contributed by atoms with Gasteiger partial charge in [-0.1, -0.05) is 19.1 Å². The zero-order valence-electron chi connectivity index (χ0n) is 15.2. The highest BCUT2D eigenvalue weighted by atomic mass is 35.5. The second kappa shape index (κ2) is 11.1. The molecule has 0 spiro atoms. The van der Waals surface area contributed by atoms with Gasteiger partial charge in [-0.3, -0.25) is 9.59 Å². The van der Waals surface area contributed by atoms with Gasteiger partial charge in [0.05, 0.1) is 5.92 Å². The summed E-state index contributed by atoms with van der Waals surface area (Å²) >= 11 is 0. The minimum Gasteiger partial charge on any atom is -0.355 e. The SMILES string of the molecule is CC(CC(=O)N1CCCC(C(=O)NCCN)C1)Cc1cccc(F)c1.Cl. The van der Waals surface area contributed by atoms with Gasteiger partial charge < -0.3 is 16.0 Å². The van der Waals surface area contributed by atoms with Gasteiger partial charge in [0.25, 0.3) is 0 Å². The Balaban J connectivity index is 0.00000338. The lowest BCUT2D eigenvalue weighted by molar-refractivity contribution is -0.136. The van der Waals surface area contributed by atoms with Crippen molar-refractivity contribution in [1.82, 2.24) is 10.2 Å². The molecule has 1 saturated heterocycles. The second-order valence-corrected chi connectivity index (χ2v) is 6.90. The predicted octanol–water partition coefficient (Wildman–Crippen LogP) is 2.13. The van der Waals surface area contributed by atoms with E-state index in [1.165, 1.54) is 12.1 Å². The molecular weight excluding hydrogens is 357 g/mol. The fraction of sp³-hybridized carbons (Fsp3) is 0.579. The van der Waals surface area contributed by atoms with E-state index in [-0.39, 0.29) is 41.9 Å². The number of benzene rings is 1. The normalized spacial score (nSPS) is 18.0. The third kappa shape index (κ3) is 6.92. The van der Waals surface area contributed by atoms with Crippen LogP contribution in [0.25, 0.3) is 0 Å². The third-order valence-electron chi connectivity index (χ3n) is 4.58. The summed E-state index contributed by atoms with van der Waals surface area (Å²) in [5.74, 6) is -0.224. The number of likely N-dealkylation sites (tertiary alicyclic amines) is 1. The molecule has 1 fully saturated rings. The van der Waals surface area contributed by atoms with Gasteiger partial charge >= 0.3 is 0 Å². The summed E-state index contributed by atoms with van der Waals surface area (Å²) in [7, 11) is 0. The van der Waals surface area contributed by atoms with Crippen molar-refractivity contribution in [3.63, 3.8) is 0 Å². The van der Waals surface area contributed by atoms with Gasteiger partial charge in [0.1, 0.15) is 5.82 Å². The molecule has 1 aromatic rings. The van der Waals surface area contributed by atoms with Crippen LogP contribution in [0.15, 0.2) is 24.3 Å². The molecule has 0 saturated carbocycles. The highest BCUT2D eigenvalue weighted by molar-refractivity contribution is 5.85. The van der Waals surface area contributed by atoms with Crippen LogP contribution in [0.2, 0.25) is 0 Å². The number of carbonyl (C=O) groups excluding carboxylic acids is 2. The van der Waals surface area contributed by atoms with E-state index in [0.29, 0.717) is 39.0 Å². The summed E-state index contributed by atoms with van der Waals surface area (Å²) < 4.78 is 13.3. The largest absolute Gasteiger partial charge is 0.355 e. The van der Waals surface area contributed by atoms with Crippen molar-refractivity contribution in [1.29, 1.82) is 0 Å². The molecule has 1 aromatic carbocycles. The average molecular weight is 386 g/mol. The van der Waals surface area contributed by atoms with E-state index >= 15 is 0 Å². The van der Waals surface area contributed by atoms with Gasteiger partial charge in [-0.25, -0.2) is 4.39 Å². The Bertz CT molecular complexity index is 600. The molecule has 3 N–H and O–H groups in total. The van der Waals surface area contributed by atoms with Crippen LogP contribution in [0.5, 0.6) is 0 Å². The van der Waals surface area contributed by atoms with Crippen LogP contribution in [0.3, 0.4) is 0 Å². The van der Waals surface area contributed by atoms with Gasteiger partial charge in [0.2, 0.25) is 11.8 Å². The number of hydrogen-bond donors (Lipinski definition) is 2. The number of nitrogens with zero attached hydrogens (tertiary/aromatic N) is 1. The number of halogens is 2. The Hall–Kier alpha value is -1.66. The summed E-state index contributed by atoms with van der Waals surface area (Å²) in [6, 6.07) is 6.50. The van der Waals surface area contributed by atoms with Gasteiger partial charge in [0, 0.05) is 32.6 Å². The quantitative estimate of drug-likeness (QED) is 0.755. The Morgan fingerprint density at radius 2 is 2.19 bits per heavy atom. The van der Waals surface area contributed by atoms with E-state index in [1.807, 2.05) is 13.0 Å². The van der Waals surface area contributed by atoms with Crippen molar-refractivity contribution < 1.29 is 14.0 Å². The zero-order chi connectivity index (χ0) is 18.2. The van der Waals surface area contributed by atoms with Crippen LogP contribution in [-0.2, 0) is 16.0 Å². The number of carbonyl (C=O) groups is 2. The second-order valence-electron chi connectivity index (χ2n) is 6.90. The minimum atomic E-state index is -0.251. The number of amides is 2. The van der Waals surface area contributed by atoms with Crippen LogP contribution in [0.4, 0.5) is 4.39 Å². The molecule has 146 valence electrons. The maximum atomic E-state index is 13.3. The van der Waals surface area contributed by atoms with Crippen molar-refractivity contribution in [3.8, 4) is 0 Å². The minimum absolute atomic E-state index is 0. The van der Waals surface area contributed by atoms with Crippen LogP contribution >= 0.6 is 12.4 Å². The molecule has 2 atom stereocenters. The summed E-state index contributed by atoms with van der Waals surface area (Å²) in [6.07, 6.45) is 2.72. The van der Waals surface area contributed by atoms with E-state index in [9.17, 15) is 14.0 Å². The molecule has 7 heteroatoms. The van der Waals surface area contributed by atoms with Crippen LogP contribution in [0, 0.1) is 17.7 Å². The molecule has 26 heavy (non-hydrogen) atoms. The van der Waals surface area contributed by atoms with Crippen molar-refractivity contribution in [2.45, 2.75) is 32.6 Å².